The summed E-state index contributed by atoms with van der Waals surface area (Å²) in [5, 5.41) is 29.0. The minimum Gasteiger partial charge on any atom is -0.263 e. The predicted molar refractivity (Wildman–Crippen MR) is 34.0 cm³/mol. The van der Waals surface area contributed by atoms with Gasteiger partial charge in [-0.05, 0) is 0 Å². The van der Waals surface area contributed by atoms with Gasteiger partial charge in [-0.1, -0.05) is 0 Å². The van der Waals surface area contributed by atoms with Crippen LogP contribution < -0.4 is 5.23 Å². The summed E-state index contributed by atoms with van der Waals surface area (Å²) in [6.45, 7) is 0. The van der Waals surface area contributed by atoms with Gasteiger partial charge in [0.1, 0.15) is 6.07 Å². The highest BCUT2D eigenvalue weighted by Crippen LogP contribution is 2.09. The summed E-state index contributed by atoms with van der Waals surface area (Å²) >= 11 is 0. The molecule has 1 aromatic rings. The van der Waals surface area contributed by atoms with Crippen LogP contribution in [0.15, 0.2) is 6.07 Å². The van der Waals surface area contributed by atoms with E-state index < -0.39 is 0 Å². The average Bonchev–Trinajstić information content (AvgIpc) is 2.30. The molecule has 1 rings (SSSR count). The van der Waals surface area contributed by atoms with Crippen molar-refractivity contribution in [2.45, 2.75) is 0 Å². The first-order valence-electron chi connectivity index (χ1n) is 2.77. The third-order valence-electron chi connectivity index (χ3n) is 1.17. The SMILES string of the molecule is Cn1nc(C#N)cc1N(O)O. The normalized spacial score (nSPS) is 9.27. The van der Waals surface area contributed by atoms with Crippen molar-refractivity contribution in [1.29, 1.82) is 5.26 Å². The molecular formula is C5H6N4O2. The minimum absolute atomic E-state index is 0.0431. The van der Waals surface area contributed by atoms with E-state index in [2.05, 4.69) is 5.10 Å². The molecule has 0 unspecified atom stereocenters. The molecule has 6 nitrogen and oxygen atoms in total. The summed E-state index contributed by atoms with van der Waals surface area (Å²) < 4.78 is 1.18. The first-order chi connectivity index (χ1) is 5.15. The molecule has 0 fully saturated rings. The van der Waals surface area contributed by atoms with Gasteiger partial charge in [-0.25, -0.2) is 4.68 Å². The van der Waals surface area contributed by atoms with Gasteiger partial charge in [0.15, 0.2) is 11.5 Å². The van der Waals surface area contributed by atoms with Crippen LogP contribution >= 0.6 is 0 Å². The van der Waals surface area contributed by atoms with E-state index in [1.54, 1.807) is 6.07 Å². The largest absolute Gasteiger partial charge is 0.263 e. The van der Waals surface area contributed by atoms with E-state index in [0.717, 1.165) is 0 Å². The Balaban J connectivity index is 3.09. The van der Waals surface area contributed by atoms with Gasteiger partial charge in [-0.3, -0.25) is 10.4 Å². The molecular weight excluding hydrogens is 148 g/mol. The fourth-order valence-corrected chi connectivity index (χ4v) is 0.699. The number of aryl methyl sites for hydroxylation is 1. The molecule has 58 valence electrons. The van der Waals surface area contributed by atoms with Crippen LogP contribution in [0.2, 0.25) is 0 Å². The van der Waals surface area contributed by atoms with Gasteiger partial charge in [0, 0.05) is 13.1 Å². The monoisotopic (exact) mass is 154 g/mol. The highest BCUT2D eigenvalue weighted by molar-refractivity contribution is 5.38. The molecule has 0 saturated heterocycles. The van der Waals surface area contributed by atoms with Crippen molar-refractivity contribution in [3.8, 4) is 6.07 Å². The molecule has 0 aliphatic carbocycles. The molecule has 11 heavy (non-hydrogen) atoms. The molecule has 6 heteroatoms. The Morgan fingerprint density at radius 1 is 1.73 bits per heavy atom. The van der Waals surface area contributed by atoms with Crippen LogP contribution in [0, 0.1) is 11.3 Å². The Labute approximate surface area is 62.4 Å². The van der Waals surface area contributed by atoms with E-state index >= 15 is 0 Å². The molecule has 0 saturated carbocycles. The highest BCUT2D eigenvalue weighted by Gasteiger charge is 2.07. The Kier molecular flexibility index (Phi) is 1.76. The van der Waals surface area contributed by atoms with Crippen LogP contribution in [-0.2, 0) is 7.05 Å². The van der Waals surface area contributed by atoms with Crippen molar-refractivity contribution in [3.63, 3.8) is 0 Å². The number of nitrogens with zero attached hydrogens (tertiary/aromatic N) is 4. The number of rotatable bonds is 1. The molecule has 2 N–H and O–H groups in total. The second-order valence-electron chi connectivity index (χ2n) is 1.91. The maximum absolute atomic E-state index is 8.53. The zero-order valence-corrected chi connectivity index (χ0v) is 5.76. The Morgan fingerprint density at radius 2 is 2.36 bits per heavy atom. The number of nitriles is 1. The van der Waals surface area contributed by atoms with E-state index in [0.29, 0.717) is 0 Å². The van der Waals surface area contributed by atoms with E-state index in [9.17, 15) is 0 Å². The van der Waals surface area contributed by atoms with Gasteiger partial charge in [0.2, 0.25) is 0 Å². The van der Waals surface area contributed by atoms with Crippen molar-refractivity contribution >= 4 is 5.82 Å². The highest BCUT2D eigenvalue weighted by atomic mass is 16.8. The minimum atomic E-state index is -0.0894. The third-order valence-corrected chi connectivity index (χ3v) is 1.17. The summed E-state index contributed by atoms with van der Waals surface area (Å²) in [6, 6.07) is 3.01. The van der Waals surface area contributed by atoms with E-state index in [1.165, 1.54) is 17.8 Å². The number of hydrogen-bond acceptors (Lipinski definition) is 5. The molecule has 0 radical (unpaired) electrons. The van der Waals surface area contributed by atoms with E-state index in [1.807, 2.05) is 0 Å². The number of aromatic nitrogens is 2. The van der Waals surface area contributed by atoms with Crippen LogP contribution in [0.4, 0.5) is 5.82 Å². The zero-order chi connectivity index (χ0) is 8.43. The van der Waals surface area contributed by atoms with Gasteiger partial charge in [0.25, 0.3) is 0 Å². The summed E-state index contributed by atoms with van der Waals surface area (Å²) in [6.07, 6.45) is 0. The number of anilines is 1. The van der Waals surface area contributed by atoms with Gasteiger partial charge >= 0.3 is 0 Å². The molecule has 0 bridgehead atoms. The van der Waals surface area contributed by atoms with Crippen LogP contribution in [0.3, 0.4) is 0 Å². The lowest BCUT2D eigenvalue weighted by atomic mass is 10.5. The molecule has 0 amide bonds. The topological polar surface area (TPSA) is 85.3 Å². The van der Waals surface area contributed by atoms with Gasteiger partial charge < -0.3 is 0 Å². The standard InChI is InChI=1S/C5H6N4O2/c1-8-5(9(10)11)2-4(3-6)7-8/h2,10-11H,1H3. The summed E-state index contributed by atoms with van der Waals surface area (Å²) in [5.41, 5.74) is 0.135. The molecule has 0 aromatic carbocycles. The lowest BCUT2D eigenvalue weighted by Crippen LogP contribution is -2.14. The summed E-state index contributed by atoms with van der Waals surface area (Å²) in [5.74, 6) is 0.0431. The molecule has 1 aromatic heterocycles. The third kappa shape index (κ3) is 1.29. The smallest absolute Gasteiger partial charge is 0.182 e. The Morgan fingerprint density at radius 3 is 2.64 bits per heavy atom. The molecule has 0 aliphatic rings. The maximum Gasteiger partial charge on any atom is 0.182 e. The zero-order valence-electron chi connectivity index (χ0n) is 5.76. The Hall–Kier alpha value is -1.58. The van der Waals surface area contributed by atoms with Crippen molar-refractivity contribution in [2.24, 2.45) is 7.05 Å². The lowest BCUT2D eigenvalue weighted by molar-refractivity contribution is 0.0248. The van der Waals surface area contributed by atoms with Crippen LogP contribution in [-0.4, -0.2) is 20.2 Å². The maximum atomic E-state index is 8.53. The van der Waals surface area contributed by atoms with Crippen molar-refractivity contribution in [2.75, 3.05) is 5.23 Å². The fraction of sp³-hybridized carbons (Fsp3) is 0.200. The van der Waals surface area contributed by atoms with Crippen molar-refractivity contribution < 1.29 is 10.4 Å². The van der Waals surface area contributed by atoms with Gasteiger partial charge in [-0.2, -0.15) is 10.4 Å². The second-order valence-corrected chi connectivity index (χ2v) is 1.91. The molecule has 0 atom stereocenters. The van der Waals surface area contributed by atoms with Crippen LogP contribution in [0.5, 0.6) is 0 Å². The van der Waals surface area contributed by atoms with Crippen molar-refractivity contribution in [1.82, 2.24) is 9.78 Å². The second kappa shape index (κ2) is 2.57. The summed E-state index contributed by atoms with van der Waals surface area (Å²) in [7, 11) is 1.50. The predicted octanol–water partition coefficient (Wildman–Crippen LogP) is -0.123. The molecule has 0 aliphatic heterocycles. The average molecular weight is 154 g/mol. The quantitative estimate of drug-likeness (QED) is 0.550. The number of hydrogen-bond donors (Lipinski definition) is 2. The van der Waals surface area contributed by atoms with E-state index in [4.69, 9.17) is 15.7 Å². The molecule has 0 spiro atoms. The fourth-order valence-electron chi connectivity index (χ4n) is 0.699. The van der Waals surface area contributed by atoms with Crippen LogP contribution in [0.1, 0.15) is 5.69 Å². The van der Waals surface area contributed by atoms with Gasteiger partial charge in [-0.15, -0.1) is 5.23 Å². The van der Waals surface area contributed by atoms with Gasteiger partial charge in [0.05, 0.1) is 0 Å². The van der Waals surface area contributed by atoms with E-state index in [-0.39, 0.29) is 16.7 Å². The van der Waals surface area contributed by atoms with Crippen molar-refractivity contribution in [3.05, 3.63) is 11.8 Å². The lowest BCUT2D eigenvalue weighted by Gasteiger charge is -2.05. The Bertz CT molecular complexity index is 298. The first-order valence-corrected chi connectivity index (χ1v) is 2.77. The summed E-state index contributed by atoms with van der Waals surface area (Å²) in [4.78, 5) is 0. The first kappa shape index (κ1) is 7.53. The molecule has 1 heterocycles. The van der Waals surface area contributed by atoms with Crippen LogP contribution in [0.25, 0.3) is 0 Å².